The Morgan fingerprint density at radius 2 is 2.27 bits per heavy atom. The van der Waals surface area contributed by atoms with Crippen molar-refractivity contribution in [2.75, 3.05) is 0 Å². The van der Waals surface area contributed by atoms with Crippen LogP contribution in [0.5, 0.6) is 0 Å². The highest BCUT2D eigenvalue weighted by atomic mass is 32.1. The molecule has 0 spiro atoms. The number of pyridine rings is 1. The van der Waals surface area contributed by atoms with Gasteiger partial charge in [0.05, 0.1) is 11.3 Å². The van der Waals surface area contributed by atoms with Crippen LogP contribution < -0.4 is 0 Å². The van der Waals surface area contributed by atoms with Gasteiger partial charge in [0.1, 0.15) is 11.1 Å². The molecule has 2 aromatic rings. The second kappa shape index (κ2) is 4.49. The van der Waals surface area contributed by atoms with Gasteiger partial charge < -0.3 is 0 Å². The average Bonchev–Trinajstić information content (AvgIpc) is 2.81. The topological polar surface area (TPSA) is 49.6 Å². The van der Waals surface area contributed by atoms with Crippen molar-refractivity contribution in [2.45, 2.75) is 0 Å². The first kappa shape index (κ1) is 9.56. The highest BCUT2D eigenvalue weighted by Gasteiger charge is 2.03. The molecule has 0 N–H and O–H groups in total. The first-order valence-electron chi connectivity index (χ1n) is 4.33. The van der Waals surface area contributed by atoms with Crippen molar-refractivity contribution < 1.29 is 0 Å². The Morgan fingerprint density at radius 1 is 1.33 bits per heavy atom. The molecule has 0 aliphatic rings. The largest absolute Gasteiger partial charge is 0.257 e. The zero-order chi connectivity index (χ0) is 10.5. The minimum Gasteiger partial charge on any atom is -0.257 e. The Morgan fingerprint density at radius 3 is 2.87 bits per heavy atom. The van der Waals surface area contributed by atoms with E-state index in [0.717, 1.165) is 10.7 Å². The summed E-state index contributed by atoms with van der Waals surface area (Å²) in [6, 6.07) is 7.70. The zero-order valence-corrected chi connectivity index (χ0v) is 8.61. The molecule has 0 aliphatic heterocycles. The van der Waals surface area contributed by atoms with E-state index in [-0.39, 0.29) is 0 Å². The third-order valence-electron chi connectivity index (χ3n) is 1.76. The van der Waals surface area contributed by atoms with Crippen LogP contribution in [0.3, 0.4) is 0 Å². The molecule has 3 nitrogen and oxygen atoms in total. The summed E-state index contributed by atoms with van der Waals surface area (Å²) in [6.07, 6.45) is 5.12. The minimum absolute atomic E-state index is 0.545. The normalized spacial score (nSPS) is 11.0. The molecule has 0 fully saturated rings. The van der Waals surface area contributed by atoms with E-state index in [1.165, 1.54) is 11.3 Å². The van der Waals surface area contributed by atoms with Crippen LogP contribution in [0.4, 0.5) is 0 Å². The molecule has 0 aliphatic carbocycles. The summed E-state index contributed by atoms with van der Waals surface area (Å²) in [7, 11) is 0. The molecule has 0 saturated heterocycles. The Bertz CT molecular complexity index is 494. The maximum Gasteiger partial charge on any atom is 0.133 e. The van der Waals surface area contributed by atoms with Crippen molar-refractivity contribution in [3.63, 3.8) is 0 Å². The van der Waals surface area contributed by atoms with Gasteiger partial charge in [0.2, 0.25) is 0 Å². The maximum atomic E-state index is 8.98. The predicted molar refractivity (Wildman–Crippen MR) is 59.8 cm³/mol. The second-order valence-corrected chi connectivity index (χ2v) is 3.66. The van der Waals surface area contributed by atoms with Crippen molar-refractivity contribution in [3.05, 3.63) is 46.7 Å². The molecular weight excluding hydrogens is 206 g/mol. The van der Waals surface area contributed by atoms with Crippen molar-refractivity contribution in [1.29, 1.82) is 5.26 Å². The van der Waals surface area contributed by atoms with Crippen molar-refractivity contribution >= 4 is 23.0 Å². The average molecular weight is 213 g/mol. The van der Waals surface area contributed by atoms with Crippen molar-refractivity contribution in [2.24, 2.45) is 0 Å². The predicted octanol–water partition coefficient (Wildman–Crippen LogP) is 2.60. The number of nitrogens with zero attached hydrogens (tertiary/aromatic N) is 3. The lowest BCUT2D eigenvalue weighted by molar-refractivity contribution is 1.29. The van der Waals surface area contributed by atoms with Crippen LogP contribution in [0.25, 0.3) is 11.6 Å². The summed E-state index contributed by atoms with van der Waals surface area (Å²) in [5.74, 6) is 0. The highest BCUT2D eigenvalue weighted by Crippen LogP contribution is 2.18. The smallest absolute Gasteiger partial charge is 0.133 e. The van der Waals surface area contributed by atoms with Gasteiger partial charge >= 0.3 is 0 Å². The zero-order valence-electron chi connectivity index (χ0n) is 7.79. The molecule has 2 rings (SSSR count). The molecule has 0 unspecified atom stereocenters. The standard InChI is InChI=1S/C11H7N3S/c12-8-9(11-14-5-6-15-11)7-10-3-1-2-4-13-10/h1-7H/b9-7+. The SMILES string of the molecule is N#C/C(=C\c1ccccn1)c1nccs1. The summed E-state index contributed by atoms with van der Waals surface area (Å²) >= 11 is 1.45. The van der Waals surface area contributed by atoms with Gasteiger partial charge in [0.25, 0.3) is 0 Å². The minimum atomic E-state index is 0.545. The first-order valence-corrected chi connectivity index (χ1v) is 5.21. The molecule has 4 heteroatoms. The van der Waals surface area contributed by atoms with Gasteiger partial charge in [0, 0.05) is 17.8 Å². The fraction of sp³-hybridized carbons (Fsp3) is 0. The molecule has 0 atom stereocenters. The van der Waals surface area contributed by atoms with Gasteiger partial charge in [-0.1, -0.05) is 6.07 Å². The van der Waals surface area contributed by atoms with Crippen LogP contribution in [0.1, 0.15) is 10.7 Å². The fourth-order valence-electron chi connectivity index (χ4n) is 1.11. The van der Waals surface area contributed by atoms with E-state index in [4.69, 9.17) is 5.26 Å². The Hall–Kier alpha value is -1.99. The molecule has 15 heavy (non-hydrogen) atoms. The van der Waals surface area contributed by atoms with E-state index in [1.807, 2.05) is 23.6 Å². The molecule has 0 aromatic carbocycles. The van der Waals surface area contributed by atoms with Crippen LogP contribution in [0.2, 0.25) is 0 Å². The number of thiazole rings is 1. The molecule has 0 amide bonds. The van der Waals surface area contributed by atoms with Crippen LogP contribution in [-0.2, 0) is 0 Å². The number of allylic oxidation sites excluding steroid dienone is 1. The van der Waals surface area contributed by atoms with Crippen LogP contribution in [0.15, 0.2) is 36.0 Å². The van der Waals surface area contributed by atoms with Crippen LogP contribution >= 0.6 is 11.3 Å². The summed E-state index contributed by atoms with van der Waals surface area (Å²) < 4.78 is 0. The number of hydrogen-bond donors (Lipinski definition) is 0. The van der Waals surface area contributed by atoms with Gasteiger partial charge in [-0.15, -0.1) is 11.3 Å². The van der Waals surface area contributed by atoms with Gasteiger partial charge in [-0.3, -0.25) is 4.98 Å². The number of aromatic nitrogens is 2. The number of rotatable bonds is 2. The Balaban J connectivity index is 2.37. The first-order chi connectivity index (χ1) is 7.40. The van der Waals surface area contributed by atoms with Crippen LogP contribution in [-0.4, -0.2) is 9.97 Å². The summed E-state index contributed by atoms with van der Waals surface area (Å²) in [6.45, 7) is 0. The van der Waals surface area contributed by atoms with Crippen molar-refractivity contribution in [1.82, 2.24) is 9.97 Å². The third kappa shape index (κ3) is 2.27. The molecule has 0 saturated carbocycles. The maximum absolute atomic E-state index is 8.98. The quantitative estimate of drug-likeness (QED) is 0.720. The van der Waals surface area contributed by atoms with E-state index < -0.39 is 0 Å². The lowest BCUT2D eigenvalue weighted by atomic mass is 10.2. The monoisotopic (exact) mass is 213 g/mol. The van der Waals surface area contributed by atoms with E-state index in [1.54, 1.807) is 18.5 Å². The van der Waals surface area contributed by atoms with Gasteiger partial charge in [-0.05, 0) is 18.2 Å². The highest BCUT2D eigenvalue weighted by molar-refractivity contribution is 7.10. The third-order valence-corrected chi connectivity index (χ3v) is 2.57. The molecule has 2 heterocycles. The van der Waals surface area contributed by atoms with Gasteiger partial charge in [0.15, 0.2) is 0 Å². The Kier molecular flexibility index (Phi) is 2.86. The van der Waals surface area contributed by atoms with Crippen molar-refractivity contribution in [3.8, 4) is 6.07 Å². The lowest BCUT2D eigenvalue weighted by Gasteiger charge is -1.93. The molecule has 0 radical (unpaired) electrons. The Labute approximate surface area is 91.4 Å². The second-order valence-electron chi connectivity index (χ2n) is 2.76. The van der Waals surface area contributed by atoms with E-state index >= 15 is 0 Å². The summed E-state index contributed by atoms with van der Waals surface area (Å²) in [4.78, 5) is 8.21. The van der Waals surface area contributed by atoms with Crippen LogP contribution in [0, 0.1) is 11.3 Å². The summed E-state index contributed by atoms with van der Waals surface area (Å²) in [5, 5.41) is 11.6. The number of nitriles is 1. The summed E-state index contributed by atoms with van der Waals surface area (Å²) in [5.41, 5.74) is 1.31. The number of hydrogen-bond acceptors (Lipinski definition) is 4. The van der Waals surface area contributed by atoms with E-state index in [9.17, 15) is 0 Å². The molecular formula is C11H7N3S. The molecule has 2 aromatic heterocycles. The van der Waals surface area contributed by atoms with E-state index in [0.29, 0.717) is 5.57 Å². The fourth-order valence-corrected chi connectivity index (χ4v) is 1.71. The van der Waals surface area contributed by atoms with Gasteiger partial charge in [-0.2, -0.15) is 5.26 Å². The lowest BCUT2D eigenvalue weighted by Crippen LogP contribution is -1.82. The van der Waals surface area contributed by atoms with E-state index in [2.05, 4.69) is 16.0 Å². The van der Waals surface area contributed by atoms with Gasteiger partial charge in [-0.25, -0.2) is 4.98 Å². The molecule has 72 valence electrons. The molecule has 0 bridgehead atoms.